The molecule has 0 unspecified atom stereocenters. The minimum absolute atomic E-state index is 0.0488. The molecule has 0 aliphatic heterocycles. The minimum atomic E-state index is -0.560. The lowest BCUT2D eigenvalue weighted by molar-refractivity contribution is -0.385. The average Bonchev–Trinajstić information content (AvgIpc) is 2.45. The number of nitrogens with two attached hydrogens (primary N) is 1. The van der Waals surface area contributed by atoms with Gasteiger partial charge in [0.05, 0.1) is 16.2 Å². The van der Waals surface area contributed by atoms with Gasteiger partial charge in [-0.15, -0.1) is 0 Å². The van der Waals surface area contributed by atoms with Gasteiger partial charge in [-0.1, -0.05) is 12.1 Å². The highest BCUT2D eigenvalue weighted by atomic mass is 16.6. The Kier molecular flexibility index (Phi) is 3.67. The number of nitro groups is 1. The molecule has 0 atom stereocenters. The number of nitrogens with zero attached hydrogens (tertiary/aromatic N) is 5. The third-order valence-electron chi connectivity index (χ3n) is 2.94. The molecule has 0 fully saturated rings. The Labute approximate surface area is 120 Å². The molecule has 2 N–H and O–H groups in total. The van der Waals surface area contributed by atoms with Crippen molar-refractivity contribution in [1.82, 2.24) is 9.97 Å². The molecule has 2 aromatic rings. The largest absolute Gasteiger partial charge is 0.368 e. The summed E-state index contributed by atoms with van der Waals surface area (Å²) in [6.07, 6.45) is 0. The number of rotatable bonds is 3. The molecule has 106 valence electrons. The molecular formula is C13H12N6O2. The number of para-hydroxylation sites is 1. The zero-order valence-electron chi connectivity index (χ0n) is 11.4. The first-order valence-electron chi connectivity index (χ1n) is 5.97. The average molecular weight is 284 g/mol. The molecule has 8 heteroatoms. The van der Waals surface area contributed by atoms with E-state index >= 15 is 0 Å². The fourth-order valence-corrected chi connectivity index (χ4v) is 2.00. The molecule has 0 spiro atoms. The summed E-state index contributed by atoms with van der Waals surface area (Å²) < 4.78 is 0. The lowest BCUT2D eigenvalue weighted by atomic mass is 10.1. The highest BCUT2D eigenvalue weighted by Crippen LogP contribution is 2.34. The molecule has 0 saturated heterocycles. The number of benzene rings is 1. The van der Waals surface area contributed by atoms with Gasteiger partial charge in [-0.25, -0.2) is 4.98 Å². The molecule has 0 bridgehead atoms. The van der Waals surface area contributed by atoms with E-state index in [0.29, 0.717) is 11.3 Å². The molecule has 0 aliphatic rings. The van der Waals surface area contributed by atoms with Crippen molar-refractivity contribution in [3.05, 3.63) is 45.6 Å². The molecule has 0 amide bonds. The van der Waals surface area contributed by atoms with Gasteiger partial charge in [-0.2, -0.15) is 10.2 Å². The summed E-state index contributed by atoms with van der Waals surface area (Å²) in [7, 11) is 1.59. The van der Waals surface area contributed by atoms with Crippen molar-refractivity contribution in [2.75, 3.05) is 17.7 Å². The predicted molar refractivity (Wildman–Crippen MR) is 77.1 cm³/mol. The van der Waals surface area contributed by atoms with Crippen molar-refractivity contribution >= 4 is 23.1 Å². The van der Waals surface area contributed by atoms with Crippen LogP contribution in [0.2, 0.25) is 0 Å². The number of nitriles is 1. The number of anilines is 3. The molecule has 1 heterocycles. The Morgan fingerprint density at radius 1 is 1.38 bits per heavy atom. The van der Waals surface area contributed by atoms with Crippen LogP contribution in [0.3, 0.4) is 0 Å². The first kappa shape index (κ1) is 14.2. The monoisotopic (exact) mass is 284 g/mol. The van der Waals surface area contributed by atoms with Crippen LogP contribution in [0.5, 0.6) is 0 Å². The molecule has 1 aromatic heterocycles. The second-order valence-electron chi connectivity index (χ2n) is 4.28. The highest BCUT2D eigenvalue weighted by Gasteiger charge is 2.26. The van der Waals surface area contributed by atoms with Gasteiger partial charge in [0.2, 0.25) is 11.8 Å². The third kappa shape index (κ3) is 2.57. The summed E-state index contributed by atoms with van der Waals surface area (Å²) in [5, 5.41) is 20.4. The molecule has 1 aromatic carbocycles. The van der Waals surface area contributed by atoms with Crippen molar-refractivity contribution in [3.63, 3.8) is 0 Å². The van der Waals surface area contributed by atoms with Crippen molar-refractivity contribution in [3.8, 4) is 6.07 Å². The molecule has 2 rings (SSSR count). The maximum absolute atomic E-state index is 11.2. The van der Waals surface area contributed by atoms with E-state index in [-0.39, 0.29) is 23.1 Å². The number of hydrogen-bond acceptors (Lipinski definition) is 7. The van der Waals surface area contributed by atoms with Gasteiger partial charge in [-0.3, -0.25) is 10.1 Å². The van der Waals surface area contributed by atoms with E-state index in [1.807, 2.05) is 6.07 Å². The number of aromatic nitrogens is 2. The summed E-state index contributed by atoms with van der Waals surface area (Å²) in [6.45, 7) is 1.49. The normalized spacial score (nSPS) is 9.95. The molecule has 0 radical (unpaired) electrons. The van der Waals surface area contributed by atoms with E-state index in [4.69, 9.17) is 11.0 Å². The van der Waals surface area contributed by atoms with Gasteiger partial charge in [0, 0.05) is 7.05 Å². The van der Waals surface area contributed by atoms with E-state index in [9.17, 15) is 10.1 Å². The zero-order valence-corrected chi connectivity index (χ0v) is 11.4. The van der Waals surface area contributed by atoms with E-state index in [0.717, 1.165) is 0 Å². The summed E-state index contributed by atoms with van der Waals surface area (Å²) in [5.74, 6) is -0.0120. The third-order valence-corrected chi connectivity index (χ3v) is 2.94. The van der Waals surface area contributed by atoms with Crippen molar-refractivity contribution < 1.29 is 4.92 Å². The summed E-state index contributed by atoms with van der Waals surface area (Å²) >= 11 is 0. The summed E-state index contributed by atoms with van der Waals surface area (Å²) in [5.41, 5.74) is 6.39. The smallest absolute Gasteiger partial charge is 0.333 e. The van der Waals surface area contributed by atoms with Crippen molar-refractivity contribution in [2.24, 2.45) is 0 Å². The second-order valence-corrected chi connectivity index (χ2v) is 4.28. The van der Waals surface area contributed by atoms with Gasteiger partial charge in [0.1, 0.15) is 11.8 Å². The summed E-state index contributed by atoms with van der Waals surface area (Å²) in [6, 6.07) is 8.78. The maximum Gasteiger partial charge on any atom is 0.333 e. The van der Waals surface area contributed by atoms with Gasteiger partial charge < -0.3 is 10.6 Å². The molecular weight excluding hydrogens is 272 g/mol. The predicted octanol–water partition coefficient (Wildman–Crippen LogP) is 1.91. The fraction of sp³-hybridized carbons (Fsp3) is 0.154. The van der Waals surface area contributed by atoms with E-state index in [1.54, 1.807) is 31.3 Å². The van der Waals surface area contributed by atoms with E-state index in [2.05, 4.69) is 9.97 Å². The lowest BCUT2D eigenvalue weighted by Gasteiger charge is -2.19. The Hall–Kier alpha value is -3.21. The standard InChI is InChI=1S/C13H12N6O2/c1-8-11(19(20)21)12(17-13(15)16-8)18(2)10-6-4-3-5-9(10)7-14/h3-6H,1-2H3,(H2,15,16,17). The van der Waals surface area contributed by atoms with E-state index in [1.165, 1.54) is 11.8 Å². The molecule has 8 nitrogen and oxygen atoms in total. The Morgan fingerprint density at radius 2 is 2.05 bits per heavy atom. The first-order valence-corrected chi connectivity index (χ1v) is 5.97. The van der Waals surface area contributed by atoms with E-state index < -0.39 is 4.92 Å². The number of hydrogen-bond donors (Lipinski definition) is 1. The van der Waals surface area contributed by atoms with Crippen LogP contribution in [0, 0.1) is 28.4 Å². The quantitative estimate of drug-likeness (QED) is 0.674. The molecule has 0 aliphatic carbocycles. The van der Waals surface area contributed by atoms with Crippen LogP contribution < -0.4 is 10.6 Å². The van der Waals surface area contributed by atoms with Crippen LogP contribution in [0.25, 0.3) is 0 Å². The van der Waals surface area contributed by atoms with Gasteiger partial charge in [-0.05, 0) is 19.1 Å². The van der Waals surface area contributed by atoms with Crippen LogP contribution in [-0.2, 0) is 0 Å². The maximum atomic E-state index is 11.2. The SMILES string of the molecule is Cc1nc(N)nc(N(C)c2ccccc2C#N)c1[N+](=O)[O-]. The number of nitrogen functional groups attached to an aromatic ring is 1. The second kappa shape index (κ2) is 5.42. The molecule has 21 heavy (non-hydrogen) atoms. The van der Waals surface area contributed by atoms with Crippen molar-refractivity contribution in [1.29, 1.82) is 5.26 Å². The summed E-state index contributed by atoms with van der Waals surface area (Å²) in [4.78, 5) is 19.9. The van der Waals surface area contributed by atoms with Gasteiger partial charge in [0.15, 0.2) is 0 Å². The van der Waals surface area contributed by atoms with Crippen LogP contribution in [0.4, 0.5) is 23.1 Å². The Balaban J connectivity index is 2.66. The van der Waals surface area contributed by atoms with Crippen LogP contribution in [0.15, 0.2) is 24.3 Å². The van der Waals surface area contributed by atoms with Gasteiger partial charge in [0.25, 0.3) is 0 Å². The highest BCUT2D eigenvalue weighted by molar-refractivity contribution is 5.73. The molecule has 0 saturated carbocycles. The van der Waals surface area contributed by atoms with Crippen LogP contribution in [0.1, 0.15) is 11.3 Å². The van der Waals surface area contributed by atoms with Gasteiger partial charge >= 0.3 is 5.69 Å². The van der Waals surface area contributed by atoms with Crippen LogP contribution >= 0.6 is 0 Å². The lowest BCUT2D eigenvalue weighted by Crippen LogP contribution is -2.17. The topological polar surface area (TPSA) is 122 Å². The fourth-order valence-electron chi connectivity index (χ4n) is 2.00. The minimum Gasteiger partial charge on any atom is -0.368 e. The Morgan fingerprint density at radius 3 is 2.67 bits per heavy atom. The number of aryl methyl sites for hydroxylation is 1. The van der Waals surface area contributed by atoms with Crippen LogP contribution in [-0.4, -0.2) is 21.9 Å². The Bertz CT molecular complexity index is 753. The zero-order chi connectivity index (χ0) is 15.6. The first-order chi connectivity index (χ1) is 9.95. The van der Waals surface area contributed by atoms with Crippen molar-refractivity contribution in [2.45, 2.75) is 6.92 Å².